The number of benzene rings is 4. The predicted octanol–water partition coefficient (Wildman–Crippen LogP) is 4.12. The molecule has 2 heteroatoms. The third-order valence-corrected chi connectivity index (χ3v) is 9.14. The zero-order valence-electron chi connectivity index (χ0n) is 14.9. The highest BCUT2D eigenvalue weighted by Crippen LogP contribution is 2.54. The monoisotopic (exact) mass is 367 g/mol. The van der Waals surface area contributed by atoms with Crippen LogP contribution in [-0.2, 0) is 0 Å². The summed E-state index contributed by atoms with van der Waals surface area (Å²) in [5, 5.41) is 5.17. The summed E-state index contributed by atoms with van der Waals surface area (Å²) in [6.45, 7) is 0. The van der Waals surface area contributed by atoms with Crippen molar-refractivity contribution >= 4 is 34.8 Å². The van der Waals surface area contributed by atoms with E-state index in [1.807, 2.05) is 12.1 Å². The maximum atomic E-state index is 11.2. The summed E-state index contributed by atoms with van der Waals surface area (Å²) in [7, 11) is -2.05. The van der Waals surface area contributed by atoms with Gasteiger partial charge in [0, 0.05) is 5.56 Å². The Morgan fingerprint density at radius 3 is 1.11 bits per heavy atom. The SMILES string of the molecule is O=Cc1ccc([P+](c2ccccc2)(c2ccccc2)c2ccccc2)cc1. The molecule has 0 N–H and O–H groups in total. The molecule has 0 fully saturated rings. The van der Waals surface area contributed by atoms with Crippen molar-refractivity contribution in [1.82, 2.24) is 0 Å². The maximum absolute atomic E-state index is 11.2. The van der Waals surface area contributed by atoms with E-state index >= 15 is 0 Å². The fraction of sp³-hybridized carbons (Fsp3) is 0. The van der Waals surface area contributed by atoms with Crippen molar-refractivity contribution in [2.45, 2.75) is 0 Å². The second kappa shape index (κ2) is 7.70. The molecule has 0 spiro atoms. The minimum absolute atomic E-state index is 0.700. The third kappa shape index (κ3) is 3.12. The first-order valence-corrected chi connectivity index (χ1v) is 10.8. The first-order valence-electron chi connectivity index (χ1n) is 8.97. The van der Waals surface area contributed by atoms with E-state index in [-0.39, 0.29) is 0 Å². The molecule has 4 rings (SSSR count). The topological polar surface area (TPSA) is 17.1 Å². The molecule has 0 amide bonds. The van der Waals surface area contributed by atoms with Crippen LogP contribution < -0.4 is 21.2 Å². The van der Waals surface area contributed by atoms with Crippen LogP contribution in [0.1, 0.15) is 10.4 Å². The van der Waals surface area contributed by atoms with Crippen molar-refractivity contribution in [3.63, 3.8) is 0 Å². The Morgan fingerprint density at radius 2 is 0.778 bits per heavy atom. The van der Waals surface area contributed by atoms with Gasteiger partial charge in [-0.1, -0.05) is 54.6 Å². The van der Waals surface area contributed by atoms with E-state index in [0.29, 0.717) is 5.56 Å². The van der Waals surface area contributed by atoms with E-state index in [1.165, 1.54) is 21.2 Å². The van der Waals surface area contributed by atoms with Crippen molar-refractivity contribution in [3.8, 4) is 0 Å². The van der Waals surface area contributed by atoms with Crippen LogP contribution >= 0.6 is 7.26 Å². The Balaban J connectivity index is 2.10. The molecule has 0 heterocycles. The minimum atomic E-state index is -2.05. The van der Waals surface area contributed by atoms with Gasteiger partial charge < -0.3 is 0 Å². The maximum Gasteiger partial charge on any atom is 0.150 e. The van der Waals surface area contributed by atoms with Crippen LogP contribution in [-0.4, -0.2) is 6.29 Å². The van der Waals surface area contributed by atoms with E-state index in [0.717, 1.165) is 6.29 Å². The number of hydrogen-bond acceptors (Lipinski definition) is 1. The molecule has 0 saturated carbocycles. The van der Waals surface area contributed by atoms with Crippen LogP contribution in [0.5, 0.6) is 0 Å². The van der Waals surface area contributed by atoms with E-state index in [9.17, 15) is 4.79 Å². The molecule has 0 bridgehead atoms. The number of hydrogen-bond donors (Lipinski definition) is 0. The van der Waals surface area contributed by atoms with Gasteiger partial charge in [0.2, 0.25) is 0 Å². The fourth-order valence-corrected chi connectivity index (χ4v) is 7.87. The van der Waals surface area contributed by atoms with Gasteiger partial charge in [-0.05, 0) is 60.7 Å². The highest BCUT2D eigenvalue weighted by atomic mass is 31.2. The Hall–Kier alpha value is -3.02. The van der Waals surface area contributed by atoms with Gasteiger partial charge >= 0.3 is 0 Å². The molecule has 1 nitrogen and oxygen atoms in total. The lowest BCUT2D eigenvalue weighted by molar-refractivity contribution is 0.112. The fourth-order valence-electron chi connectivity index (χ4n) is 3.63. The predicted molar refractivity (Wildman–Crippen MR) is 117 cm³/mol. The number of rotatable bonds is 5. The molecule has 0 aliphatic heterocycles. The summed E-state index contributed by atoms with van der Waals surface area (Å²) >= 11 is 0. The zero-order chi connectivity index (χ0) is 18.5. The standard InChI is InChI=1S/C25H20OP/c26-20-21-16-18-25(19-17-21)27(22-10-4-1-5-11-22,23-12-6-2-7-13-23)24-14-8-3-9-15-24/h1-20H/q+1. The van der Waals surface area contributed by atoms with Crippen molar-refractivity contribution < 1.29 is 4.79 Å². The average Bonchev–Trinajstić information content (AvgIpc) is 2.77. The van der Waals surface area contributed by atoms with Crippen LogP contribution in [0, 0.1) is 0 Å². The summed E-state index contributed by atoms with van der Waals surface area (Å²) in [4.78, 5) is 11.2. The van der Waals surface area contributed by atoms with Gasteiger partial charge in [-0.2, -0.15) is 0 Å². The normalized spacial score (nSPS) is 11.1. The van der Waals surface area contributed by atoms with Gasteiger partial charge in [0.15, 0.2) is 0 Å². The summed E-state index contributed by atoms with van der Waals surface area (Å²) < 4.78 is 0. The summed E-state index contributed by atoms with van der Waals surface area (Å²) in [5.74, 6) is 0. The van der Waals surface area contributed by atoms with Gasteiger partial charge in [0.05, 0.1) is 0 Å². The van der Waals surface area contributed by atoms with E-state index in [2.05, 4.69) is 103 Å². The largest absolute Gasteiger partial charge is 0.298 e. The lowest BCUT2D eigenvalue weighted by Crippen LogP contribution is -2.38. The highest BCUT2D eigenvalue weighted by molar-refractivity contribution is 8.01. The first-order chi connectivity index (χ1) is 13.4. The third-order valence-electron chi connectivity index (χ3n) is 4.85. The molecule has 130 valence electrons. The van der Waals surface area contributed by atoms with Gasteiger partial charge in [0.25, 0.3) is 0 Å². The molecule has 0 aromatic heterocycles. The minimum Gasteiger partial charge on any atom is -0.298 e. The molecule has 0 aliphatic carbocycles. The number of carbonyl (C=O) groups is 1. The molecule has 0 radical (unpaired) electrons. The summed E-state index contributed by atoms with van der Waals surface area (Å²) in [6.07, 6.45) is 0.900. The summed E-state index contributed by atoms with van der Waals surface area (Å²) in [6, 6.07) is 40.2. The van der Waals surface area contributed by atoms with Crippen molar-refractivity contribution in [2.75, 3.05) is 0 Å². The molecule has 0 aliphatic rings. The number of carbonyl (C=O) groups excluding carboxylic acids is 1. The quantitative estimate of drug-likeness (QED) is 0.383. The van der Waals surface area contributed by atoms with Crippen LogP contribution in [0.25, 0.3) is 0 Å². The van der Waals surface area contributed by atoms with Crippen LogP contribution in [0.15, 0.2) is 115 Å². The van der Waals surface area contributed by atoms with Crippen molar-refractivity contribution in [3.05, 3.63) is 121 Å². The van der Waals surface area contributed by atoms with Crippen molar-refractivity contribution in [2.24, 2.45) is 0 Å². The molecule has 4 aromatic rings. The van der Waals surface area contributed by atoms with Crippen LogP contribution in [0.4, 0.5) is 0 Å². The number of aldehydes is 1. The lowest BCUT2D eigenvalue weighted by atomic mass is 10.2. The van der Waals surface area contributed by atoms with E-state index in [4.69, 9.17) is 0 Å². The second-order valence-corrected chi connectivity index (χ2v) is 9.79. The molecule has 0 atom stereocenters. The van der Waals surface area contributed by atoms with Gasteiger partial charge in [-0.25, -0.2) is 0 Å². The second-order valence-electron chi connectivity index (χ2n) is 6.39. The Kier molecular flexibility index (Phi) is 4.96. The van der Waals surface area contributed by atoms with Gasteiger partial charge in [-0.15, -0.1) is 0 Å². The van der Waals surface area contributed by atoms with Gasteiger partial charge in [0.1, 0.15) is 34.8 Å². The molecule has 4 aromatic carbocycles. The lowest BCUT2D eigenvalue weighted by Gasteiger charge is -2.27. The Labute approximate surface area is 160 Å². The molecular weight excluding hydrogens is 347 g/mol. The van der Waals surface area contributed by atoms with E-state index in [1.54, 1.807) is 0 Å². The Bertz CT molecular complexity index is 913. The van der Waals surface area contributed by atoms with E-state index < -0.39 is 7.26 Å². The molecule has 0 unspecified atom stereocenters. The van der Waals surface area contributed by atoms with Crippen LogP contribution in [0.2, 0.25) is 0 Å². The molecule has 27 heavy (non-hydrogen) atoms. The Morgan fingerprint density at radius 1 is 0.444 bits per heavy atom. The molecule has 0 saturated heterocycles. The van der Waals surface area contributed by atoms with Crippen molar-refractivity contribution in [1.29, 1.82) is 0 Å². The highest BCUT2D eigenvalue weighted by Gasteiger charge is 2.47. The smallest absolute Gasteiger partial charge is 0.150 e. The van der Waals surface area contributed by atoms with Gasteiger partial charge in [-0.3, -0.25) is 4.79 Å². The first kappa shape index (κ1) is 17.4. The van der Waals surface area contributed by atoms with Crippen LogP contribution in [0.3, 0.4) is 0 Å². The molecular formula is C25H20OP+. The zero-order valence-corrected chi connectivity index (χ0v) is 15.8. The average molecular weight is 367 g/mol. The summed E-state index contributed by atoms with van der Waals surface area (Å²) in [5.41, 5.74) is 0.700.